The summed E-state index contributed by atoms with van der Waals surface area (Å²) in [6.45, 7) is 0.822. The number of rotatable bonds is 4. The van der Waals surface area contributed by atoms with Gasteiger partial charge < -0.3 is 9.47 Å². The lowest BCUT2D eigenvalue weighted by molar-refractivity contribution is -0.258. The third kappa shape index (κ3) is 4.76. The first-order valence-electron chi connectivity index (χ1n) is 22.9. The quantitative estimate of drug-likeness (QED) is 0.202. The topological polar surface area (TPSA) is 24.9 Å². The van der Waals surface area contributed by atoms with Gasteiger partial charge in [-0.2, -0.15) is 0 Å². The predicted molar refractivity (Wildman–Crippen MR) is 222 cm³/mol. The summed E-state index contributed by atoms with van der Waals surface area (Å²) in [6, 6.07) is 39.5. The number of hydrogen-bond acceptors (Lipinski definition) is 4. The molecule has 0 bridgehead atoms. The van der Waals surface area contributed by atoms with Crippen LogP contribution in [0, 0.1) is 0 Å². The summed E-state index contributed by atoms with van der Waals surface area (Å²) >= 11 is 0. The van der Waals surface area contributed by atoms with Gasteiger partial charge in [0, 0.05) is 41.8 Å². The Bertz CT molecular complexity index is 1640. The van der Waals surface area contributed by atoms with Crippen molar-refractivity contribution in [1.29, 1.82) is 0 Å². The Hall–Kier alpha value is -2.22. The number of ether oxygens (including phenoxy) is 2. The van der Waals surface area contributed by atoms with Crippen LogP contribution in [-0.2, 0) is 9.47 Å². The summed E-state index contributed by atoms with van der Waals surface area (Å²) < 4.78 is 16.2. The fraction of sp³-hybridized carbons (Fsp3) is 0.625. The minimum absolute atomic E-state index is 0.176. The lowest BCUT2D eigenvalue weighted by atomic mass is 9.18. The van der Waals surface area contributed by atoms with Gasteiger partial charge >= 0.3 is 0 Å². The molecule has 12 unspecified atom stereocenters. The van der Waals surface area contributed by atoms with Crippen molar-refractivity contribution >= 4 is 30.3 Å². The molecule has 0 amide bonds. The average Bonchev–Trinajstić information content (AvgIpc) is 3.25. The van der Waals surface area contributed by atoms with E-state index in [1.165, 1.54) is 103 Å². The second-order valence-electron chi connectivity index (χ2n) is 19.5. The van der Waals surface area contributed by atoms with Crippen molar-refractivity contribution < 1.29 is 9.47 Å². The van der Waals surface area contributed by atoms with Crippen molar-refractivity contribution in [2.75, 3.05) is 0 Å². The van der Waals surface area contributed by atoms with Gasteiger partial charge in [0.15, 0.2) is 14.8 Å². The molecule has 54 heavy (non-hydrogen) atoms. The maximum absolute atomic E-state index is 8.12. The Kier molecular flexibility index (Phi) is 8.43. The van der Waals surface area contributed by atoms with Crippen LogP contribution in [0.1, 0.15) is 103 Å². The van der Waals surface area contributed by atoms with E-state index < -0.39 is 8.07 Å². The zero-order valence-corrected chi connectivity index (χ0v) is 33.3. The molecule has 12 rings (SSSR count). The molecule has 5 saturated carbocycles. The van der Waals surface area contributed by atoms with Crippen molar-refractivity contribution in [3.63, 3.8) is 0 Å². The minimum atomic E-state index is -2.82. The van der Waals surface area contributed by atoms with E-state index in [1.807, 2.05) is 0 Å². The van der Waals surface area contributed by atoms with Gasteiger partial charge in [0.1, 0.15) is 0 Å². The standard InChI is InChI=1S/C48H61BN2O2Si/c1-4-18-32(19-5-1)54(33-20-6-2-7-21-33,34-22-8-3-9-23-34)48-46-44-43-45-47(48)53-42-31-17-15-29-40(42)51(45)38-27-13-11-25-36(38)49(43)35-24-10-12-26-37(35)50(44)39-28-14-16-30-41(39)52-46/h1-9,18-23,35-48H,10-17,24-31H2. The van der Waals surface area contributed by atoms with Crippen LogP contribution in [0.3, 0.4) is 0 Å². The molecule has 4 saturated heterocycles. The van der Waals surface area contributed by atoms with Crippen molar-refractivity contribution in [3.05, 3.63) is 91.0 Å². The monoisotopic (exact) mass is 736 g/mol. The Morgan fingerprint density at radius 2 is 0.815 bits per heavy atom. The van der Waals surface area contributed by atoms with Crippen molar-refractivity contribution in [2.24, 2.45) is 0 Å². The van der Waals surface area contributed by atoms with Gasteiger partial charge in [0.2, 0.25) is 0 Å². The lowest BCUT2D eigenvalue weighted by Crippen LogP contribution is -2.87. The Morgan fingerprint density at radius 1 is 0.444 bits per heavy atom. The number of fused-ring (bicyclic) bond motifs is 10. The van der Waals surface area contributed by atoms with Gasteiger partial charge in [-0.15, -0.1) is 0 Å². The van der Waals surface area contributed by atoms with Gasteiger partial charge in [0.25, 0.3) is 0 Å². The first-order valence-corrected chi connectivity index (χ1v) is 24.9. The molecular formula is C48H61BN2O2Si. The van der Waals surface area contributed by atoms with Crippen LogP contribution in [0.25, 0.3) is 0 Å². The molecule has 5 aliphatic carbocycles. The van der Waals surface area contributed by atoms with E-state index in [1.54, 1.807) is 15.6 Å². The van der Waals surface area contributed by atoms with Crippen LogP contribution < -0.4 is 15.6 Å². The third-order valence-electron chi connectivity index (χ3n) is 17.6. The smallest absolute Gasteiger partial charge is 0.157 e. The van der Waals surface area contributed by atoms with Crippen molar-refractivity contribution in [1.82, 2.24) is 9.80 Å². The summed E-state index contributed by atoms with van der Waals surface area (Å²) in [6.07, 6.45) is 23.1. The summed E-state index contributed by atoms with van der Waals surface area (Å²) in [5.41, 5.74) is 0.285. The molecule has 0 aromatic heterocycles. The molecule has 4 aliphatic heterocycles. The number of morpholine rings is 2. The van der Waals surface area contributed by atoms with Gasteiger partial charge in [-0.3, -0.25) is 9.80 Å². The molecule has 9 aliphatic rings. The largest absolute Gasteiger partial charge is 0.372 e. The molecular weight excluding hydrogens is 675 g/mol. The molecule has 282 valence electrons. The van der Waals surface area contributed by atoms with E-state index in [2.05, 4.69) is 101 Å². The second-order valence-corrected chi connectivity index (χ2v) is 23.5. The van der Waals surface area contributed by atoms with Gasteiger partial charge in [-0.1, -0.05) is 155 Å². The highest BCUT2D eigenvalue weighted by Gasteiger charge is 2.75. The Labute approximate surface area is 325 Å². The third-order valence-corrected chi connectivity index (χ3v) is 23.0. The van der Waals surface area contributed by atoms with Crippen LogP contribution in [0.4, 0.5) is 0 Å². The predicted octanol–water partition coefficient (Wildman–Crippen LogP) is 7.82. The van der Waals surface area contributed by atoms with Gasteiger partial charge in [-0.25, -0.2) is 0 Å². The summed E-state index contributed by atoms with van der Waals surface area (Å²) in [5, 5.41) is 4.63. The molecule has 6 heteroatoms. The molecule has 12 atom stereocenters. The Balaban J connectivity index is 1.16. The van der Waals surface area contributed by atoms with E-state index in [0.717, 1.165) is 30.4 Å². The zero-order chi connectivity index (χ0) is 35.4. The maximum atomic E-state index is 8.12. The summed E-state index contributed by atoms with van der Waals surface area (Å²) in [5.74, 6) is 2.36. The lowest BCUT2D eigenvalue weighted by Gasteiger charge is -2.76. The maximum Gasteiger partial charge on any atom is 0.157 e. The van der Waals surface area contributed by atoms with Crippen LogP contribution in [-0.4, -0.2) is 85.3 Å². The molecule has 0 spiro atoms. The van der Waals surface area contributed by atoms with E-state index in [-0.39, 0.29) is 17.7 Å². The molecule has 9 fully saturated rings. The van der Waals surface area contributed by atoms with Crippen molar-refractivity contribution in [3.8, 4) is 0 Å². The summed E-state index contributed by atoms with van der Waals surface area (Å²) in [7, 11) is -2.82. The molecule has 4 heterocycles. The molecule has 0 radical (unpaired) electrons. The van der Waals surface area contributed by atoms with Crippen molar-refractivity contribution in [2.45, 2.75) is 186 Å². The van der Waals surface area contributed by atoms with E-state index in [9.17, 15) is 0 Å². The average molecular weight is 737 g/mol. The highest BCUT2D eigenvalue weighted by Crippen LogP contribution is 2.67. The van der Waals surface area contributed by atoms with Gasteiger partial charge in [-0.05, 0) is 71.5 Å². The van der Waals surface area contributed by atoms with Crippen LogP contribution >= 0.6 is 0 Å². The van der Waals surface area contributed by atoms with E-state index >= 15 is 0 Å². The SMILES string of the molecule is c1ccc([Si](c2ccccc2)(c2ccccc2)C2C3OC4CCCCC4N4C5CCCCC5B5C6CCCCC6N6C7CCCCC7OC2C6C5C34)cc1. The highest BCUT2D eigenvalue weighted by atomic mass is 28.3. The first kappa shape index (κ1) is 33.9. The molecule has 0 N–H and O–H groups in total. The fourth-order valence-corrected chi connectivity index (χ4v) is 22.0. The van der Waals surface area contributed by atoms with Crippen LogP contribution in [0.5, 0.6) is 0 Å². The number of nitrogens with zero attached hydrogens (tertiary/aromatic N) is 2. The van der Waals surface area contributed by atoms with E-state index in [0.29, 0.717) is 42.2 Å². The van der Waals surface area contributed by atoms with Crippen LogP contribution in [0.2, 0.25) is 23.0 Å². The fourth-order valence-electron chi connectivity index (χ4n) is 16.2. The van der Waals surface area contributed by atoms with Gasteiger partial charge in [0.05, 0.1) is 24.4 Å². The Morgan fingerprint density at radius 3 is 1.24 bits per heavy atom. The normalized spacial score (nSPS) is 42.8. The first-order chi connectivity index (χ1) is 26.8. The molecule has 3 aromatic rings. The number of benzene rings is 3. The minimum Gasteiger partial charge on any atom is -0.372 e. The van der Waals surface area contributed by atoms with E-state index in [4.69, 9.17) is 9.47 Å². The molecule has 4 nitrogen and oxygen atoms in total. The second kappa shape index (κ2) is 13.4. The summed E-state index contributed by atoms with van der Waals surface area (Å²) in [4.78, 5) is 6.64. The number of hydrogen-bond donors (Lipinski definition) is 0. The highest BCUT2D eigenvalue weighted by molar-refractivity contribution is 7.12. The zero-order valence-electron chi connectivity index (χ0n) is 32.3. The molecule has 3 aromatic carbocycles. The van der Waals surface area contributed by atoms with Crippen LogP contribution in [0.15, 0.2) is 91.0 Å².